The molecule has 3 rings (SSSR count). The molecule has 4 nitrogen and oxygen atoms in total. The minimum absolute atomic E-state index is 0.215. The summed E-state index contributed by atoms with van der Waals surface area (Å²) in [4.78, 5) is 11.7. The van der Waals surface area contributed by atoms with Crippen molar-refractivity contribution in [2.24, 2.45) is 0 Å². The van der Waals surface area contributed by atoms with Gasteiger partial charge in [-0.05, 0) is 79.8 Å². The molecule has 204 valence electrons. The highest BCUT2D eigenvalue weighted by atomic mass is 19.4. The van der Waals surface area contributed by atoms with E-state index in [0.717, 1.165) is 35.4 Å². The van der Waals surface area contributed by atoms with Crippen LogP contribution in [0.4, 0.5) is 17.6 Å². The molecule has 3 aromatic rings. The lowest BCUT2D eigenvalue weighted by molar-refractivity contribution is -0.143. The predicted octanol–water partition coefficient (Wildman–Crippen LogP) is 7.67. The Morgan fingerprint density at radius 3 is 2.37 bits per heavy atom. The normalized spacial score (nSPS) is 12.2. The molecule has 0 radical (unpaired) electrons. The van der Waals surface area contributed by atoms with E-state index in [4.69, 9.17) is 9.47 Å². The van der Waals surface area contributed by atoms with Crippen molar-refractivity contribution < 1.29 is 36.6 Å². The van der Waals surface area contributed by atoms with Gasteiger partial charge in [0, 0.05) is 24.1 Å². The van der Waals surface area contributed by atoms with Gasteiger partial charge in [0.05, 0.1) is 18.6 Å². The molecule has 0 amide bonds. The Balaban J connectivity index is 1.63. The number of rotatable bonds is 12. The number of aryl methyl sites for hydroxylation is 2. The maximum atomic E-state index is 13.4. The second-order valence-corrected chi connectivity index (χ2v) is 8.93. The topological polar surface area (TPSA) is 48.3 Å². The average molecular weight is 534 g/mol. The monoisotopic (exact) mass is 533 g/mol. The number of halogens is 4. The smallest absolute Gasteiger partial charge is 0.416 e. The summed E-state index contributed by atoms with van der Waals surface area (Å²) in [7, 11) is 0. The second-order valence-electron chi connectivity index (χ2n) is 8.93. The summed E-state index contributed by atoms with van der Waals surface area (Å²) >= 11 is 0. The molecule has 0 aliphatic rings. The van der Waals surface area contributed by atoms with Crippen LogP contribution in [0, 0.1) is 5.82 Å². The molecule has 0 aliphatic carbocycles. The van der Waals surface area contributed by atoms with Gasteiger partial charge < -0.3 is 14.2 Å². The summed E-state index contributed by atoms with van der Waals surface area (Å²) < 4.78 is 69.0. The van der Waals surface area contributed by atoms with Crippen LogP contribution in [-0.4, -0.2) is 30.0 Å². The number of aromatic hydroxyl groups is 1. The molecule has 0 saturated carbocycles. The minimum atomic E-state index is -4.51. The van der Waals surface area contributed by atoms with Gasteiger partial charge in [0.25, 0.3) is 5.75 Å². The fraction of sp³-hybridized carbons (Fsp3) is 0.367. The highest BCUT2D eigenvalue weighted by Crippen LogP contribution is 2.38. The van der Waals surface area contributed by atoms with Crippen LogP contribution in [0.5, 0.6) is 11.5 Å². The largest absolute Gasteiger partial charge is 0.583 e. The van der Waals surface area contributed by atoms with E-state index in [1.54, 1.807) is 6.92 Å². The second kappa shape index (κ2) is 13.3. The van der Waals surface area contributed by atoms with Crippen molar-refractivity contribution in [3.05, 3.63) is 83.2 Å². The van der Waals surface area contributed by atoms with Crippen molar-refractivity contribution >= 4 is 5.97 Å². The third-order valence-corrected chi connectivity index (χ3v) is 6.09. The molecule has 38 heavy (non-hydrogen) atoms. The van der Waals surface area contributed by atoms with E-state index in [1.807, 2.05) is 32.0 Å². The van der Waals surface area contributed by atoms with E-state index >= 15 is 0 Å². The van der Waals surface area contributed by atoms with Crippen LogP contribution in [-0.2, 0) is 28.5 Å². The molecule has 0 heterocycles. The van der Waals surface area contributed by atoms with E-state index in [2.05, 4.69) is 4.74 Å². The zero-order valence-corrected chi connectivity index (χ0v) is 21.8. The van der Waals surface area contributed by atoms with Gasteiger partial charge in [0.2, 0.25) is 0 Å². The summed E-state index contributed by atoms with van der Waals surface area (Å²) in [6, 6.07) is 14.5. The Morgan fingerprint density at radius 2 is 1.71 bits per heavy atom. The summed E-state index contributed by atoms with van der Waals surface area (Å²) in [5, 5.41) is 0. The predicted molar refractivity (Wildman–Crippen MR) is 139 cm³/mol. The number of carbonyl (C=O) groups excluding carboxylic acids is 1. The van der Waals surface area contributed by atoms with Gasteiger partial charge in [-0.1, -0.05) is 19.1 Å². The first-order valence-corrected chi connectivity index (χ1v) is 12.7. The first-order chi connectivity index (χ1) is 18.1. The van der Waals surface area contributed by atoms with Crippen molar-refractivity contribution in [2.75, 3.05) is 13.2 Å². The number of aliphatic hydroxyl groups is 1. The molecule has 0 aliphatic heterocycles. The fourth-order valence-corrected chi connectivity index (χ4v) is 4.07. The lowest BCUT2D eigenvalue weighted by Gasteiger charge is -2.19. The molecular weight excluding hydrogens is 500 g/mol. The van der Waals surface area contributed by atoms with E-state index in [0.29, 0.717) is 38.0 Å². The molecule has 1 atom stereocenters. The molecular formula is C30H33F4O4+. The van der Waals surface area contributed by atoms with Crippen molar-refractivity contribution in [3.8, 4) is 22.6 Å². The summed E-state index contributed by atoms with van der Waals surface area (Å²) in [5.74, 6) is 0.413. The number of hydrogen-bond acceptors (Lipinski definition) is 3. The molecule has 0 spiro atoms. The molecule has 0 saturated heterocycles. The Hall–Kier alpha value is -3.55. The van der Waals surface area contributed by atoms with Crippen molar-refractivity contribution in [3.63, 3.8) is 0 Å². The van der Waals surface area contributed by atoms with Gasteiger partial charge in [-0.3, -0.25) is 4.79 Å². The standard InChI is InChI=1S/C30H32F4O4/c1-4-21-18-26(13-8-22(21)9-15-29(35)36-5-2)37-17-16-20(3)38-28-14-10-24(30(32,33)34)19-27(28)23-6-11-25(31)12-7-23/h6-8,10-14,18-20H,4-5,9,15-17H2,1-3H3/p+1/t20-/m1/s1. The number of carbonyl (C=O) groups is 1. The first kappa shape index (κ1) is 29.0. The maximum absolute atomic E-state index is 13.4. The third kappa shape index (κ3) is 8.23. The summed E-state index contributed by atoms with van der Waals surface area (Å²) in [6.07, 6.45) is -2.56. The lowest BCUT2D eigenvalue weighted by atomic mass is 10.0. The molecule has 0 aromatic heterocycles. The zero-order valence-electron chi connectivity index (χ0n) is 21.8. The fourth-order valence-electron chi connectivity index (χ4n) is 4.07. The highest BCUT2D eigenvalue weighted by Gasteiger charge is 2.31. The SMILES string of the molecule is CCOC(=O)CCc1ccc([OH+]CC[C@@H](C)Oc2ccc(C(F)(F)F)cc2-c2ccc(F)cc2)cc1CC. The van der Waals surface area contributed by atoms with Gasteiger partial charge >= 0.3 is 12.1 Å². The quantitative estimate of drug-likeness (QED) is 0.136. The van der Waals surface area contributed by atoms with Gasteiger partial charge in [0.1, 0.15) is 17.7 Å². The molecule has 1 N–H and O–H groups in total. The van der Waals surface area contributed by atoms with Crippen LogP contribution in [0.1, 0.15) is 50.3 Å². The number of benzene rings is 3. The minimum Gasteiger partial charge on any atom is -0.583 e. The first-order valence-electron chi connectivity index (χ1n) is 12.7. The third-order valence-electron chi connectivity index (χ3n) is 6.09. The van der Waals surface area contributed by atoms with E-state index in [-0.39, 0.29) is 23.4 Å². The summed E-state index contributed by atoms with van der Waals surface area (Å²) in [6.45, 7) is 6.49. The Labute approximate surface area is 220 Å². The van der Waals surface area contributed by atoms with Crippen LogP contribution in [0.3, 0.4) is 0 Å². The Kier molecular flexibility index (Phi) is 10.2. The van der Waals surface area contributed by atoms with E-state index in [1.165, 1.54) is 30.3 Å². The number of hydrogen-bond donors (Lipinski definition) is 0. The van der Waals surface area contributed by atoms with Crippen LogP contribution in [0.2, 0.25) is 0 Å². The Morgan fingerprint density at radius 1 is 0.974 bits per heavy atom. The van der Waals surface area contributed by atoms with Crippen molar-refractivity contribution in [1.82, 2.24) is 0 Å². The van der Waals surface area contributed by atoms with Crippen molar-refractivity contribution in [2.45, 2.75) is 58.7 Å². The number of esters is 1. The molecule has 8 heteroatoms. The maximum Gasteiger partial charge on any atom is 0.416 e. The number of ether oxygens (including phenoxy) is 3. The van der Waals surface area contributed by atoms with Crippen LogP contribution >= 0.6 is 0 Å². The number of alkyl halides is 3. The van der Waals surface area contributed by atoms with Gasteiger partial charge in [0.15, 0.2) is 6.61 Å². The van der Waals surface area contributed by atoms with E-state index < -0.39 is 17.6 Å². The highest BCUT2D eigenvalue weighted by molar-refractivity contribution is 5.71. The van der Waals surface area contributed by atoms with Crippen molar-refractivity contribution in [1.29, 1.82) is 0 Å². The molecule has 3 aromatic carbocycles. The summed E-state index contributed by atoms with van der Waals surface area (Å²) in [5.41, 5.74) is 2.08. The van der Waals surface area contributed by atoms with Gasteiger partial charge in [-0.15, -0.1) is 0 Å². The van der Waals surface area contributed by atoms with Crippen LogP contribution in [0.15, 0.2) is 60.7 Å². The zero-order chi connectivity index (χ0) is 27.7. The van der Waals surface area contributed by atoms with E-state index in [9.17, 15) is 22.4 Å². The van der Waals surface area contributed by atoms with Gasteiger partial charge in [-0.2, -0.15) is 13.2 Å². The molecule has 0 unspecified atom stereocenters. The average Bonchev–Trinajstić information content (AvgIpc) is 2.88. The van der Waals surface area contributed by atoms with Gasteiger partial charge in [-0.25, -0.2) is 4.39 Å². The lowest BCUT2D eigenvalue weighted by Crippen LogP contribution is -2.16. The molecule has 0 bridgehead atoms. The van der Waals surface area contributed by atoms with Crippen LogP contribution < -0.4 is 4.74 Å². The van der Waals surface area contributed by atoms with Crippen LogP contribution in [0.25, 0.3) is 11.1 Å². The Bertz CT molecular complexity index is 1210. The molecule has 0 fully saturated rings.